The molecule has 0 saturated heterocycles. The molecule has 1 rings (SSSR count). The van der Waals surface area contributed by atoms with Crippen LogP contribution in [-0.2, 0) is 21.4 Å². The van der Waals surface area contributed by atoms with Gasteiger partial charge in [-0.25, -0.2) is 8.42 Å². The molecule has 1 aromatic heterocycles. The summed E-state index contributed by atoms with van der Waals surface area (Å²) in [5.41, 5.74) is 0. The van der Waals surface area contributed by atoms with Gasteiger partial charge in [0, 0.05) is 19.3 Å². The van der Waals surface area contributed by atoms with Gasteiger partial charge in [-0.1, -0.05) is 12.2 Å². The van der Waals surface area contributed by atoms with Gasteiger partial charge >= 0.3 is 5.97 Å². The van der Waals surface area contributed by atoms with E-state index in [0.717, 1.165) is 15.2 Å². The maximum Gasteiger partial charge on any atom is 0.325 e. The molecule has 0 aliphatic heterocycles. The second-order valence-electron chi connectivity index (χ2n) is 3.67. The van der Waals surface area contributed by atoms with E-state index in [4.69, 9.17) is 5.11 Å². The average molecular weight is 285 g/mol. The lowest BCUT2D eigenvalue weighted by Crippen LogP contribution is -2.31. The van der Waals surface area contributed by atoms with Gasteiger partial charge in [0.25, 0.3) is 0 Å². The molecular weight excluding hydrogens is 270 g/mol. The van der Waals surface area contributed by atoms with Crippen molar-refractivity contribution in [1.82, 2.24) is 14.1 Å². The topological polar surface area (TPSA) is 92.5 Å². The number of carbonyl (C=O) groups is 1. The Hall–Kier alpha value is -1.93. The minimum Gasteiger partial charge on any atom is -0.480 e. The van der Waals surface area contributed by atoms with Crippen LogP contribution in [0, 0.1) is 0 Å². The van der Waals surface area contributed by atoms with Gasteiger partial charge in [0.1, 0.15) is 11.4 Å². The molecule has 1 aromatic rings. The Morgan fingerprint density at radius 1 is 1.42 bits per heavy atom. The third-order valence-corrected chi connectivity index (χ3v) is 3.99. The van der Waals surface area contributed by atoms with E-state index in [-0.39, 0.29) is 18.0 Å². The molecule has 0 bridgehead atoms. The lowest BCUT2D eigenvalue weighted by molar-refractivity contribution is -0.137. The first-order valence-electron chi connectivity index (χ1n) is 5.38. The van der Waals surface area contributed by atoms with Crippen molar-refractivity contribution in [2.75, 3.05) is 13.1 Å². The van der Waals surface area contributed by atoms with Crippen molar-refractivity contribution in [3.63, 3.8) is 0 Å². The molecule has 0 fully saturated rings. The van der Waals surface area contributed by atoms with Crippen LogP contribution in [0.5, 0.6) is 0 Å². The summed E-state index contributed by atoms with van der Waals surface area (Å²) in [4.78, 5) is 10.5. The van der Waals surface area contributed by atoms with Crippen LogP contribution in [0.15, 0.2) is 42.6 Å². The maximum absolute atomic E-state index is 12.2. The zero-order chi connectivity index (χ0) is 14.5. The van der Waals surface area contributed by atoms with E-state index < -0.39 is 22.5 Å². The Balaban J connectivity index is 3.03. The fraction of sp³-hybridized carbons (Fsp3) is 0.273. The van der Waals surface area contributed by atoms with Crippen molar-refractivity contribution in [2.24, 2.45) is 0 Å². The molecule has 0 atom stereocenters. The highest BCUT2D eigenvalue weighted by atomic mass is 32.2. The molecule has 8 heteroatoms. The molecule has 0 saturated carbocycles. The van der Waals surface area contributed by atoms with Gasteiger partial charge in [0.2, 0.25) is 10.0 Å². The van der Waals surface area contributed by atoms with Crippen LogP contribution in [0.2, 0.25) is 0 Å². The van der Waals surface area contributed by atoms with Crippen LogP contribution in [-0.4, -0.2) is 46.7 Å². The van der Waals surface area contributed by atoms with Crippen molar-refractivity contribution in [1.29, 1.82) is 0 Å². The summed E-state index contributed by atoms with van der Waals surface area (Å²) in [5, 5.41) is 12.3. The van der Waals surface area contributed by atoms with Crippen molar-refractivity contribution in [2.45, 2.75) is 11.4 Å². The SMILES string of the molecule is C=CCN(CC=C)S(=O)(=O)c1cnn(CC(=O)O)c1. The highest BCUT2D eigenvalue weighted by molar-refractivity contribution is 7.89. The number of aromatic nitrogens is 2. The van der Waals surface area contributed by atoms with Gasteiger partial charge in [-0.2, -0.15) is 9.40 Å². The molecule has 1 N–H and O–H groups in total. The van der Waals surface area contributed by atoms with Crippen molar-refractivity contribution in [3.8, 4) is 0 Å². The van der Waals surface area contributed by atoms with Crippen LogP contribution in [0.3, 0.4) is 0 Å². The largest absolute Gasteiger partial charge is 0.480 e. The van der Waals surface area contributed by atoms with E-state index in [9.17, 15) is 13.2 Å². The normalized spacial score (nSPS) is 11.4. The first kappa shape index (κ1) is 15.1. The van der Waals surface area contributed by atoms with Gasteiger partial charge in [-0.15, -0.1) is 13.2 Å². The monoisotopic (exact) mass is 285 g/mol. The Morgan fingerprint density at radius 2 is 2.00 bits per heavy atom. The van der Waals surface area contributed by atoms with E-state index in [1.807, 2.05) is 0 Å². The fourth-order valence-electron chi connectivity index (χ4n) is 1.41. The van der Waals surface area contributed by atoms with E-state index in [2.05, 4.69) is 18.3 Å². The predicted octanol–water partition coefficient (Wildman–Crippen LogP) is 0.330. The summed E-state index contributed by atoms with van der Waals surface area (Å²) >= 11 is 0. The number of carboxylic acid groups (broad SMARTS) is 1. The quantitative estimate of drug-likeness (QED) is 0.695. The summed E-state index contributed by atoms with van der Waals surface area (Å²) in [6.45, 7) is 6.88. The highest BCUT2D eigenvalue weighted by Gasteiger charge is 2.24. The smallest absolute Gasteiger partial charge is 0.325 e. The second-order valence-corrected chi connectivity index (χ2v) is 5.60. The van der Waals surface area contributed by atoms with Gasteiger partial charge in [-0.05, 0) is 0 Å². The number of nitrogens with zero attached hydrogens (tertiary/aromatic N) is 3. The highest BCUT2D eigenvalue weighted by Crippen LogP contribution is 2.14. The van der Waals surface area contributed by atoms with Gasteiger partial charge in [0.05, 0.1) is 6.20 Å². The van der Waals surface area contributed by atoms with E-state index >= 15 is 0 Å². The number of sulfonamides is 1. The molecule has 0 radical (unpaired) electrons. The van der Waals surface area contributed by atoms with Gasteiger partial charge in [-0.3, -0.25) is 9.48 Å². The van der Waals surface area contributed by atoms with Crippen LogP contribution < -0.4 is 0 Å². The average Bonchev–Trinajstić information content (AvgIpc) is 2.77. The minimum atomic E-state index is -3.73. The molecule has 104 valence electrons. The molecule has 1 heterocycles. The van der Waals surface area contributed by atoms with Gasteiger partial charge in [0.15, 0.2) is 0 Å². The number of aliphatic carboxylic acids is 1. The summed E-state index contributed by atoms with van der Waals surface area (Å²) in [5.74, 6) is -1.10. The number of hydrogen-bond donors (Lipinski definition) is 1. The van der Waals surface area contributed by atoms with Crippen molar-refractivity contribution in [3.05, 3.63) is 37.7 Å². The number of hydrogen-bond acceptors (Lipinski definition) is 4. The molecule has 0 amide bonds. The van der Waals surface area contributed by atoms with Crippen LogP contribution in [0.4, 0.5) is 0 Å². The first-order chi connectivity index (χ1) is 8.91. The first-order valence-corrected chi connectivity index (χ1v) is 6.82. The van der Waals surface area contributed by atoms with E-state index in [0.29, 0.717) is 0 Å². The predicted molar refractivity (Wildman–Crippen MR) is 69.0 cm³/mol. The second kappa shape index (κ2) is 6.30. The summed E-state index contributed by atoms with van der Waals surface area (Å²) in [6.07, 6.45) is 5.23. The van der Waals surface area contributed by atoms with E-state index in [1.165, 1.54) is 18.3 Å². The standard InChI is InChI=1S/C11H15N3O4S/c1-3-5-14(6-4-2)19(17,18)10-7-12-13(8-10)9-11(15)16/h3-4,7-8H,1-2,5-6,9H2,(H,15,16). The summed E-state index contributed by atoms with van der Waals surface area (Å²) in [7, 11) is -3.73. The minimum absolute atomic E-state index is 0.0579. The lowest BCUT2D eigenvalue weighted by Gasteiger charge is -2.17. The molecule has 0 aromatic carbocycles. The molecule has 0 unspecified atom stereocenters. The molecule has 0 aliphatic rings. The van der Waals surface area contributed by atoms with Gasteiger partial charge < -0.3 is 5.11 Å². The summed E-state index contributed by atoms with van der Waals surface area (Å²) < 4.78 is 26.7. The van der Waals surface area contributed by atoms with E-state index in [1.54, 1.807) is 0 Å². The third kappa shape index (κ3) is 3.76. The zero-order valence-electron chi connectivity index (χ0n) is 10.3. The number of carboxylic acids is 1. The Bertz CT molecular complexity index is 567. The molecule has 19 heavy (non-hydrogen) atoms. The van der Waals surface area contributed by atoms with Crippen molar-refractivity contribution < 1.29 is 18.3 Å². The maximum atomic E-state index is 12.2. The van der Waals surface area contributed by atoms with Crippen LogP contribution >= 0.6 is 0 Å². The van der Waals surface area contributed by atoms with Crippen LogP contribution in [0.1, 0.15) is 0 Å². The summed E-state index contributed by atoms with van der Waals surface area (Å²) in [6, 6.07) is 0. The fourth-order valence-corrected chi connectivity index (χ4v) is 2.75. The Morgan fingerprint density at radius 3 is 2.47 bits per heavy atom. The molecule has 7 nitrogen and oxygen atoms in total. The molecule has 0 aliphatic carbocycles. The molecule has 0 spiro atoms. The van der Waals surface area contributed by atoms with Crippen LogP contribution in [0.25, 0.3) is 0 Å². The Kier molecular flexibility index (Phi) is 5.02. The zero-order valence-corrected chi connectivity index (χ0v) is 11.1. The molecular formula is C11H15N3O4S. The lowest BCUT2D eigenvalue weighted by atomic mass is 10.5. The van der Waals surface area contributed by atoms with Crippen molar-refractivity contribution >= 4 is 16.0 Å². The number of rotatable bonds is 8. The Labute approximate surface area is 111 Å². The third-order valence-electron chi connectivity index (χ3n) is 2.21.